The van der Waals surface area contributed by atoms with Gasteiger partial charge in [-0.3, -0.25) is 0 Å². The molecule has 0 unspecified atom stereocenters. The number of hydrogen-bond donors (Lipinski definition) is 1. The molecule has 0 saturated carbocycles. The third kappa shape index (κ3) is 2.42. The van der Waals surface area contributed by atoms with Crippen molar-refractivity contribution in [3.05, 3.63) is 36.2 Å². The second-order valence-electron chi connectivity index (χ2n) is 4.00. The van der Waals surface area contributed by atoms with Crippen molar-refractivity contribution < 1.29 is 4.74 Å². The summed E-state index contributed by atoms with van der Waals surface area (Å²) >= 11 is 0. The quantitative estimate of drug-likeness (QED) is 0.897. The van der Waals surface area contributed by atoms with Crippen molar-refractivity contribution in [3.63, 3.8) is 0 Å². The van der Waals surface area contributed by atoms with Crippen LogP contribution in [0.15, 0.2) is 30.6 Å². The Bertz CT molecular complexity index is 523. The molecule has 1 heterocycles. The van der Waals surface area contributed by atoms with E-state index in [-0.39, 0.29) is 0 Å². The van der Waals surface area contributed by atoms with Gasteiger partial charge in [0.2, 0.25) is 0 Å². The van der Waals surface area contributed by atoms with E-state index in [2.05, 4.69) is 22.2 Å². The molecule has 0 spiro atoms. The number of methoxy groups -OCH3 is 1. The van der Waals surface area contributed by atoms with Gasteiger partial charge in [-0.1, -0.05) is 6.07 Å². The summed E-state index contributed by atoms with van der Waals surface area (Å²) < 4.78 is 5.47. The van der Waals surface area contributed by atoms with E-state index in [0.29, 0.717) is 5.82 Å². The van der Waals surface area contributed by atoms with E-state index in [1.165, 1.54) is 0 Å². The van der Waals surface area contributed by atoms with E-state index in [0.717, 1.165) is 29.1 Å². The lowest BCUT2D eigenvalue weighted by Crippen LogP contribution is -2.01. The molecule has 1 N–H and O–H groups in total. The molecular weight excluding hydrogens is 226 g/mol. The van der Waals surface area contributed by atoms with Crippen LogP contribution in [0.5, 0.6) is 5.75 Å². The highest BCUT2D eigenvalue weighted by Crippen LogP contribution is 2.34. The van der Waals surface area contributed by atoms with Crippen molar-refractivity contribution >= 4 is 5.69 Å². The molecule has 2 aromatic rings. The van der Waals surface area contributed by atoms with Crippen molar-refractivity contribution in [1.82, 2.24) is 9.97 Å². The number of nitrogens with one attached hydrogen (secondary N) is 1. The van der Waals surface area contributed by atoms with Gasteiger partial charge < -0.3 is 10.1 Å². The molecule has 0 fully saturated rings. The van der Waals surface area contributed by atoms with Crippen molar-refractivity contribution in [3.8, 4) is 17.1 Å². The molecule has 4 nitrogen and oxygen atoms in total. The molecule has 0 aliphatic heterocycles. The fourth-order valence-electron chi connectivity index (χ4n) is 1.79. The molecule has 4 heteroatoms. The largest absolute Gasteiger partial charge is 0.494 e. The third-order valence-electron chi connectivity index (χ3n) is 2.61. The zero-order valence-electron chi connectivity index (χ0n) is 10.9. The van der Waals surface area contributed by atoms with E-state index >= 15 is 0 Å². The van der Waals surface area contributed by atoms with Gasteiger partial charge in [-0.05, 0) is 31.5 Å². The standard InChI is InChI=1S/C14H17N3O/c1-4-15-12-7-5-6-11(13(12)18-3)14-16-8-10(2)9-17-14/h5-9,15H,4H2,1-3H3. The summed E-state index contributed by atoms with van der Waals surface area (Å²) in [5.74, 6) is 1.46. The number of ether oxygens (including phenoxy) is 1. The summed E-state index contributed by atoms with van der Waals surface area (Å²) in [4.78, 5) is 8.68. The van der Waals surface area contributed by atoms with Gasteiger partial charge in [0.25, 0.3) is 0 Å². The smallest absolute Gasteiger partial charge is 0.162 e. The van der Waals surface area contributed by atoms with E-state index in [1.807, 2.05) is 37.5 Å². The normalized spacial score (nSPS) is 10.2. The van der Waals surface area contributed by atoms with Crippen LogP contribution in [-0.2, 0) is 0 Å². The topological polar surface area (TPSA) is 47.0 Å². The van der Waals surface area contributed by atoms with Crippen LogP contribution in [0, 0.1) is 6.92 Å². The Labute approximate surface area is 107 Å². The molecular formula is C14H17N3O. The Morgan fingerprint density at radius 1 is 1.22 bits per heavy atom. The van der Waals surface area contributed by atoms with Gasteiger partial charge in [-0.2, -0.15) is 0 Å². The van der Waals surface area contributed by atoms with E-state index in [4.69, 9.17) is 4.74 Å². The lowest BCUT2D eigenvalue weighted by atomic mass is 10.1. The number of nitrogens with zero attached hydrogens (tertiary/aromatic N) is 2. The maximum atomic E-state index is 5.47. The van der Waals surface area contributed by atoms with Crippen LogP contribution in [0.4, 0.5) is 5.69 Å². The van der Waals surface area contributed by atoms with Crippen LogP contribution in [0.2, 0.25) is 0 Å². The van der Waals surface area contributed by atoms with Crippen LogP contribution >= 0.6 is 0 Å². The van der Waals surface area contributed by atoms with Crippen LogP contribution in [0.25, 0.3) is 11.4 Å². The van der Waals surface area contributed by atoms with E-state index < -0.39 is 0 Å². The van der Waals surface area contributed by atoms with Crippen molar-refractivity contribution in [1.29, 1.82) is 0 Å². The summed E-state index contributed by atoms with van der Waals surface area (Å²) in [6, 6.07) is 5.92. The Balaban J connectivity index is 2.49. The first-order chi connectivity index (χ1) is 8.76. The summed E-state index contributed by atoms with van der Waals surface area (Å²) in [7, 11) is 1.66. The predicted octanol–water partition coefficient (Wildman–Crippen LogP) is 2.89. The number of hydrogen-bond acceptors (Lipinski definition) is 4. The lowest BCUT2D eigenvalue weighted by Gasteiger charge is -2.13. The average Bonchev–Trinajstić information content (AvgIpc) is 2.40. The number of aryl methyl sites for hydroxylation is 1. The fraction of sp³-hybridized carbons (Fsp3) is 0.286. The zero-order valence-corrected chi connectivity index (χ0v) is 10.9. The van der Waals surface area contributed by atoms with Gasteiger partial charge in [0.05, 0.1) is 18.4 Å². The second-order valence-corrected chi connectivity index (χ2v) is 4.00. The summed E-state index contributed by atoms with van der Waals surface area (Å²) in [5.41, 5.74) is 2.90. The number of benzene rings is 1. The third-order valence-corrected chi connectivity index (χ3v) is 2.61. The monoisotopic (exact) mass is 243 g/mol. The molecule has 1 aromatic heterocycles. The molecule has 0 aliphatic carbocycles. The predicted molar refractivity (Wildman–Crippen MR) is 72.9 cm³/mol. The van der Waals surface area contributed by atoms with Gasteiger partial charge in [0, 0.05) is 18.9 Å². The Morgan fingerprint density at radius 3 is 2.56 bits per heavy atom. The van der Waals surface area contributed by atoms with Crippen LogP contribution in [0.1, 0.15) is 12.5 Å². The molecule has 0 bridgehead atoms. The molecule has 18 heavy (non-hydrogen) atoms. The maximum Gasteiger partial charge on any atom is 0.162 e. The average molecular weight is 243 g/mol. The Hall–Kier alpha value is -2.10. The number of rotatable bonds is 4. The second kappa shape index (κ2) is 5.49. The van der Waals surface area contributed by atoms with Gasteiger partial charge >= 0.3 is 0 Å². The molecule has 1 aromatic carbocycles. The molecule has 0 amide bonds. The van der Waals surface area contributed by atoms with Crippen molar-refractivity contribution in [2.75, 3.05) is 19.0 Å². The molecule has 0 radical (unpaired) electrons. The highest BCUT2D eigenvalue weighted by atomic mass is 16.5. The van der Waals surface area contributed by atoms with Crippen molar-refractivity contribution in [2.24, 2.45) is 0 Å². The number of para-hydroxylation sites is 1. The zero-order chi connectivity index (χ0) is 13.0. The Morgan fingerprint density at radius 2 is 1.94 bits per heavy atom. The van der Waals surface area contributed by atoms with Crippen LogP contribution < -0.4 is 10.1 Å². The van der Waals surface area contributed by atoms with Gasteiger partial charge in [-0.25, -0.2) is 9.97 Å². The van der Waals surface area contributed by atoms with Crippen LogP contribution in [0.3, 0.4) is 0 Å². The van der Waals surface area contributed by atoms with Crippen LogP contribution in [-0.4, -0.2) is 23.6 Å². The number of aromatic nitrogens is 2. The van der Waals surface area contributed by atoms with E-state index in [1.54, 1.807) is 7.11 Å². The van der Waals surface area contributed by atoms with Gasteiger partial charge in [-0.15, -0.1) is 0 Å². The Kier molecular flexibility index (Phi) is 3.77. The SMILES string of the molecule is CCNc1cccc(-c2ncc(C)cn2)c1OC. The minimum absolute atomic E-state index is 0.678. The molecule has 2 rings (SSSR count). The van der Waals surface area contributed by atoms with Crippen molar-refractivity contribution in [2.45, 2.75) is 13.8 Å². The summed E-state index contributed by atoms with van der Waals surface area (Å²) in [5, 5.41) is 3.27. The first-order valence-corrected chi connectivity index (χ1v) is 5.96. The molecule has 94 valence electrons. The highest BCUT2D eigenvalue weighted by Gasteiger charge is 2.12. The van der Waals surface area contributed by atoms with E-state index in [9.17, 15) is 0 Å². The number of anilines is 1. The highest BCUT2D eigenvalue weighted by molar-refractivity contribution is 5.74. The first kappa shape index (κ1) is 12.4. The first-order valence-electron chi connectivity index (χ1n) is 5.96. The molecule has 0 aliphatic rings. The molecule has 0 saturated heterocycles. The maximum absolute atomic E-state index is 5.47. The summed E-state index contributed by atoms with van der Waals surface area (Å²) in [6.07, 6.45) is 3.61. The lowest BCUT2D eigenvalue weighted by molar-refractivity contribution is 0.418. The minimum Gasteiger partial charge on any atom is -0.494 e. The van der Waals surface area contributed by atoms with Gasteiger partial charge in [0.1, 0.15) is 0 Å². The fourth-order valence-corrected chi connectivity index (χ4v) is 1.79. The molecule has 0 atom stereocenters. The minimum atomic E-state index is 0.678. The summed E-state index contributed by atoms with van der Waals surface area (Å²) in [6.45, 7) is 4.86. The van der Waals surface area contributed by atoms with Gasteiger partial charge in [0.15, 0.2) is 11.6 Å².